The van der Waals surface area contributed by atoms with Crippen molar-refractivity contribution in [2.45, 2.75) is 56.3 Å². The van der Waals surface area contributed by atoms with Gasteiger partial charge in [-0.3, -0.25) is 14.3 Å². The number of anilines is 1. The van der Waals surface area contributed by atoms with Gasteiger partial charge in [0.05, 0.1) is 20.0 Å². The van der Waals surface area contributed by atoms with Crippen molar-refractivity contribution in [1.29, 1.82) is 0 Å². The molecular weight excluding hydrogens is 458 g/mol. The molecule has 1 saturated heterocycles. The highest BCUT2D eigenvalue weighted by Gasteiger charge is 2.48. The van der Waals surface area contributed by atoms with Crippen LogP contribution in [0.5, 0.6) is 0 Å². The third-order valence-electron chi connectivity index (χ3n) is 6.22. The number of nitrogen functional groups attached to an aromatic ring is 1. The molecule has 3 heterocycles. The van der Waals surface area contributed by atoms with Crippen LogP contribution in [0.2, 0.25) is 0 Å². The predicted octanol–water partition coefficient (Wildman–Crippen LogP) is -0.864. The van der Waals surface area contributed by atoms with Crippen molar-refractivity contribution >= 4 is 29.0 Å². The molecule has 2 aromatic heterocycles. The summed E-state index contributed by atoms with van der Waals surface area (Å²) in [5, 5.41) is 23.8. The van der Waals surface area contributed by atoms with Crippen molar-refractivity contribution in [3.8, 4) is 11.8 Å². The van der Waals surface area contributed by atoms with Crippen LogP contribution in [0, 0.1) is 17.8 Å². The quantitative estimate of drug-likeness (QED) is 0.376. The van der Waals surface area contributed by atoms with Gasteiger partial charge < -0.3 is 30.7 Å². The molecule has 35 heavy (non-hydrogen) atoms. The number of aliphatic hydroxyl groups excluding tert-OH is 2. The zero-order chi connectivity index (χ0) is 24.7. The van der Waals surface area contributed by atoms with Gasteiger partial charge in [0.25, 0.3) is 5.91 Å². The van der Waals surface area contributed by atoms with Gasteiger partial charge in [0.1, 0.15) is 17.7 Å². The molecule has 5 N–H and O–H groups in total. The zero-order valence-electron chi connectivity index (χ0n) is 19.1. The number of nitrogens with two attached hydrogens (primary N) is 1. The highest BCUT2D eigenvalue weighted by molar-refractivity contribution is 5.83. The van der Waals surface area contributed by atoms with E-state index in [1.165, 1.54) is 22.9 Å². The zero-order valence-corrected chi connectivity index (χ0v) is 19.1. The number of ether oxygens (including phenoxy) is 2. The van der Waals surface area contributed by atoms with Gasteiger partial charge in [-0.1, -0.05) is 5.92 Å². The summed E-state index contributed by atoms with van der Waals surface area (Å²) in [5.74, 6) is 5.83. The predicted molar refractivity (Wildman–Crippen MR) is 120 cm³/mol. The highest BCUT2D eigenvalue weighted by atomic mass is 16.6. The largest absolute Gasteiger partial charge is 0.453 e. The highest BCUT2D eigenvalue weighted by Crippen LogP contribution is 2.33. The minimum Gasteiger partial charge on any atom is -0.453 e. The smallest absolute Gasteiger partial charge is 0.410 e. The topological polar surface area (TPSA) is 178 Å². The molecule has 0 bridgehead atoms. The van der Waals surface area contributed by atoms with Crippen LogP contribution < -0.4 is 11.1 Å². The number of methoxy groups -OCH3 is 1. The summed E-state index contributed by atoms with van der Waals surface area (Å²) < 4.78 is 11.9. The molecule has 3 fully saturated rings. The summed E-state index contributed by atoms with van der Waals surface area (Å²) in [5.41, 5.74) is 6.53. The molecule has 0 spiro atoms. The molecule has 3 aliphatic rings. The average Bonchev–Trinajstić information content (AvgIpc) is 3.76. The van der Waals surface area contributed by atoms with Crippen molar-refractivity contribution < 1.29 is 29.3 Å². The maximum absolute atomic E-state index is 12.4. The second kappa shape index (κ2) is 9.29. The Hall–Kier alpha value is -3.47. The van der Waals surface area contributed by atoms with Crippen LogP contribution in [0.25, 0.3) is 11.2 Å². The van der Waals surface area contributed by atoms with E-state index in [0.29, 0.717) is 12.5 Å². The van der Waals surface area contributed by atoms with E-state index >= 15 is 0 Å². The fraction of sp³-hybridized carbons (Fsp3) is 0.591. The lowest BCUT2D eigenvalue weighted by atomic mass is 10.1. The first-order chi connectivity index (χ1) is 16.9. The first-order valence-corrected chi connectivity index (χ1v) is 11.5. The number of aromatic nitrogens is 4. The number of fused-ring (bicyclic) bond motifs is 1. The molecule has 5 rings (SSSR count). The number of carbonyl (C=O) groups excluding carboxylic acids is 2. The van der Waals surface area contributed by atoms with E-state index in [1.54, 1.807) is 0 Å². The van der Waals surface area contributed by atoms with Gasteiger partial charge in [-0.05, 0) is 37.5 Å². The Labute approximate surface area is 200 Å². The van der Waals surface area contributed by atoms with Crippen LogP contribution in [-0.2, 0) is 14.3 Å². The molecule has 186 valence electrons. The monoisotopic (exact) mass is 485 g/mol. The summed E-state index contributed by atoms with van der Waals surface area (Å²) in [6, 6.07) is 0.0802. The molecule has 2 aliphatic carbocycles. The van der Waals surface area contributed by atoms with Gasteiger partial charge in [0.2, 0.25) is 5.82 Å². The van der Waals surface area contributed by atoms with E-state index in [0.717, 1.165) is 25.7 Å². The van der Waals surface area contributed by atoms with E-state index in [4.69, 9.17) is 15.2 Å². The molecular formula is C22H27N7O6. The molecule has 0 aromatic carbocycles. The number of nitrogens with one attached hydrogen (secondary N) is 1. The summed E-state index contributed by atoms with van der Waals surface area (Å²) in [4.78, 5) is 38.7. The molecule has 13 heteroatoms. The van der Waals surface area contributed by atoms with Crippen LogP contribution >= 0.6 is 0 Å². The number of aliphatic hydroxyl groups is 2. The van der Waals surface area contributed by atoms with Gasteiger partial charge in [0, 0.05) is 12.6 Å². The average molecular weight is 486 g/mol. The van der Waals surface area contributed by atoms with Gasteiger partial charge >= 0.3 is 6.09 Å². The molecule has 1 aliphatic heterocycles. The third kappa shape index (κ3) is 4.86. The normalized spacial score (nSPS) is 25.7. The van der Waals surface area contributed by atoms with E-state index in [-0.39, 0.29) is 35.4 Å². The van der Waals surface area contributed by atoms with Crippen LogP contribution in [0.4, 0.5) is 10.6 Å². The van der Waals surface area contributed by atoms with Crippen molar-refractivity contribution in [2.24, 2.45) is 5.92 Å². The van der Waals surface area contributed by atoms with Crippen LogP contribution in [0.3, 0.4) is 0 Å². The second-order valence-corrected chi connectivity index (χ2v) is 9.06. The van der Waals surface area contributed by atoms with Crippen molar-refractivity contribution in [2.75, 3.05) is 25.9 Å². The summed E-state index contributed by atoms with van der Waals surface area (Å²) in [6.07, 6.45) is -0.363. The minimum atomic E-state index is -1.43. The molecule has 13 nitrogen and oxygen atoms in total. The Morgan fingerprint density at radius 3 is 2.74 bits per heavy atom. The second-order valence-electron chi connectivity index (χ2n) is 9.06. The number of hydrogen-bond acceptors (Lipinski definition) is 10. The van der Waals surface area contributed by atoms with E-state index in [9.17, 15) is 19.8 Å². The number of hydrogen-bond donors (Lipinski definition) is 4. The van der Waals surface area contributed by atoms with E-state index < -0.39 is 36.5 Å². The Balaban J connectivity index is 1.36. The van der Waals surface area contributed by atoms with E-state index in [1.807, 2.05) is 0 Å². The third-order valence-corrected chi connectivity index (χ3v) is 6.22. The Morgan fingerprint density at radius 2 is 2.06 bits per heavy atom. The summed E-state index contributed by atoms with van der Waals surface area (Å²) in [7, 11) is 1.32. The lowest BCUT2D eigenvalue weighted by Crippen LogP contribution is -2.43. The molecule has 2 amide bonds. The first-order valence-electron chi connectivity index (χ1n) is 11.5. The number of imidazole rings is 1. The van der Waals surface area contributed by atoms with Crippen molar-refractivity contribution in [1.82, 2.24) is 29.7 Å². The standard InChI is InChI=1S/C22H27N7O6/c1-34-22(33)28(9-11-4-5-11)8-2-3-13-26-18(23)14-19(27-13)29(10-24-14)21-16(31)15(30)17(35-21)20(32)25-12-6-7-12/h10-12,15-17,21,30-31H,4-9H2,1H3,(H,25,32)(H2,23,26,27)/t15-,16+,17-,21+/m0/s1. The van der Waals surface area contributed by atoms with Crippen LogP contribution in [-0.4, -0.2) is 91.2 Å². The van der Waals surface area contributed by atoms with Gasteiger partial charge in [0.15, 0.2) is 23.8 Å². The fourth-order valence-corrected chi connectivity index (χ4v) is 3.96. The van der Waals surface area contributed by atoms with Crippen LogP contribution in [0.1, 0.15) is 37.7 Å². The van der Waals surface area contributed by atoms with Gasteiger partial charge in [-0.25, -0.2) is 19.7 Å². The van der Waals surface area contributed by atoms with Gasteiger partial charge in [-0.2, -0.15) is 0 Å². The maximum atomic E-state index is 12.4. The fourth-order valence-electron chi connectivity index (χ4n) is 3.96. The molecule has 4 atom stereocenters. The molecule has 2 aromatic rings. The molecule has 0 radical (unpaired) electrons. The Morgan fingerprint density at radius 1 is 1.29 bits per heavy atom. The summed E-state index contributed by atoms with van der Waals surface area (Å²) in [6.45, 7) is 0.711. The van der Waals surface area contributed by atoms with Gasteiger partial charge in [-0.15, -0.1) is 0 Å². The van der Waals surface area contributed by atoms with Crippen molar-refractivity contribution in [3.05, 3.63) is 12.2 Å². The molecule has 2 saturated carbocycles. The number of rotatable bonds is 6. The van der Waals surface area contributed by atoms with Crippen molar-refractivity contribution in [3.63, 3.8) is 0 Å². The van der Waals surface area contributed by atoms with Crippen LogP contribution in [0.15, 0.2) is 6.33 Å². The van der Waals surface area contributed by atoms with E-state index in [2.05, 4.69) is 32.1 Å². The Kier molecular flexibility index (Phi) is 6.18. The first kappa shape index (κ1) is 23.3. The number of nitrogens with zero attached hydrogens (tertiary/aromatic N) is 5. The lowest BCUT2D eigenvalue weighted by Gasteiger charge is -2.17. The molecule has 0 unspecified atom stereocenters. The number of carbonyl (C=O) groups is 2. The lowest BCUT2D eigenvalue weighted by molar-refractivity contribution is -0.137. The maximum Gasteiger partial charge on any atom is 0.410 e. The SMILES string of the molecule is COC(=O)N(CC#Cc1nc(N)c2ncn([C@@H]3O[C@H](C(=O)NC4CC4)[C@@H](O)[C@H]3O)c2n1)CC1CC1. The minimum absolute atomic E-state index is 0.0666. The summed E-state index contributed by atoms with van der Waals surface area (Å²) >= 11 is 0. The Bertz CT molecular complexity index is 1200. The number of amides is 2.